The van der Waals surface area contributed by atoms with Gasteiger partial charge in [-0.2, -0.15) is 0 Å². The topological polar surface area (TPSA) is 0 Å². The normalized spacial score (nSPS) is 16.4. The molecule has 0 nitrogen and oxygen atoms in total. The fourth-order valence-electron chi connectivity index (χ4n) is 1.77. The molecule has 0 N–H and O–H groups in total. The molecule has 0 heteroatoms. The summed E-state index contributed by atoms with van der Waals surface area (Å²) in [7, 11) is 0. The maximum Gasteiger partial charge on any atom is -0.0241 e. The molecule has 79 valence electrons. The maximum absolute atomic E-state index is 2.40. The molecule has 0 aromatic carbocycles. The Morgan fingerprint density at radius 3 is 1.69 bits per heavy atom. The van der Waals surface area contributed by atoms with Crippen LogP contribution in [0.4, 0.5) is 0 Å². The molecule has 1 atom stereocenters. The van der Waals surface area contributed by atoms with Crippen molar-refractivity contribution in [1.29, 1.82) is 0 Å². The minimum Gasteiger partial charge on any atom is -0.0651 e. The van der Waals surface area contributed by atoms with Crippen LogP contribution in [0.3, 0.4) is 0 Å². The molecule has 0 amide bonds. The fourth-order valence-corrected chi connectivity index (χ4v) is 1.77. The first-order chi connectivity index (χ1) is 5.67. The quantitative estimate of drug-likeness (QED) is 0.592. The van der Waals surface area contributed by atoms with E-state index < -0.39 is 0 Å². The van der Waals surface area contributed by atoms with E-state index in [1.165, 1.54) is 12.3 Å². The predicted molar refractivity (Wildman–Crippen MR) is 61.6 cm³/mol. The molecule has 0 aromatic heterocycles. The van der Waals surface area contributed by atoms with Crippen LogP contribution in [0.1, 0.15) is 61.8 Å². The molecule has 0 spiro atoms. The van der Waals surface area contributed by atoms with E-state index in [1.54, 1.807) is 0 Å². The highest BCUT2D eigenvalue weighted by Crippen LogP contribution is 2.50. The van der Waals surface area contributed by atoms with Gasteiger partial charge in [0.25, 0.3) is 0 Å². The zero-order valence-electron chi connectivity index (χ0n) is 10.8. The average molecular weight is 183 g/mol. The van der Waals surface area contributed by atoms with Gasteiger partial charge in [-0.05, 0) is 22.7 Å². The van der Waals surface area contributed by atoms with E-state index in [0.717, 1.165) is 5.92 Å². The lowest BCUT2D eigenvalue weighted by Gasteiger charge is -2.48. The molecule has 0 heterocycles. The van der Waals surface area contributed by atoms with Crippen molar-refractivity contribution in [1.82, 2.24) is 0 Å². The SMILES string of the molecule is CCC(C)C(C)(C)C(C)(C)[C](C)C. The first-order valence-corrected chi connectivity index (χ1v) is 5.48. The van der Waals surface area contributed by atoms with Crippen molar-refractivity contribution < 1.29 is 0 Å². The van der Waals surface area contributed by atoms with Crippen LogP contribution in [0, 0.1) is 22.7 Å². The number of hydrogen-bond acceptors (Lipinski definition) is 0. The molecule has 0 aliphatic carbocycles. The standard InChI is InChI=1S/C13H27/c1-9-11(4)13(7,8)12(5,6)10(2)3/h11H,9H2,1-8H3. The second kappa shape index (κ2) is 4.02. The van der Waals surface area contributed by atoms with E-state index in [9.17, 15) is 0 Å². The maximum atomic E-state index is 2.40. The van der Waals surface area contributed by atoms with Crippen molar-refractivity contribution in [3.63, 3.8) is 0 Å². The lowest BCUT2D eigenvalue weighted by atomic mass is 9.57. The Bertz CT molecular complexity index is 151. The molecule has 1 unspecified atom stereocenters. The molecule has 0 rings (SSSR count). The van der Waals surface area contributed by atoms with E-state index >= 15 is 0 Å². The first-order valence-electron chi connectivity index (χ1n) is 5.48. The summed E-state index contributed by atoms with van der Waals surface area (Å²) in [6.07, 6.45) is 1.27. The minimum atomic E-state index is 0.336. The van der Waals surface area contributed by atoms with Crippen LogP contribution in [0.2, 0.25) is 0 Å². The molecule has 1 radical (unpaired) electrons. The summed E-state index contributed by atoms with van der Waals surface area (Å²) in [4.78, 5) is 0. The van der Waals surface area contributed by atoms with E-state index in [4.69, 9.17) is 0 Å². The Morgan fingerprint density at radius 2 is 1.46 bits per heavy atom. The minimum absolute atomic E-state index is 0.336. The molecule has 0 aromatic rings. The first kappa shape index (κ1) is 13.0. The monoisotopic (exact) mass is 183 g/mol. The third-order valence-corrected chi connectivity index (χ3v) is 4.71. The third-order valence-electron chi connectivity index (χ3n) is 4.71. The number of hydrogen-bond donors (Lipinski definition) is 0. The van der Waals surface area contributed by atoms with Crippen LogP contribution < -0.4 is 0 Å². The predicted octanol–water partition coefficient (Wildman–Crippen LogP) is 4.70. The Hall–Kier alpha value is 0. The zero-order valence-corrected chi connectivity index (χ0v) is 10.8. The van der Waals surface area contributed by atoms with Crippen molar-refractivity contribution in [3.05, 3.63) is 5.92 Å². The van der Waals surface area contributed by atoms with Crippen molar-refractivity contribution in [2.45, 2.75) is 61.8 Å². The van der Waals surface area contributed by atoms with Gasteiger partial charge in [-0.15, -0.1) is 0 Å². The smallest absolute Gasteiger partial charge is 0.0241 e. The van der Waals surface area contributed by atoms with Crippen molar-refractivity contribution in [2.75, 3.05) is 0 Å². The molecule has 0 saturated heterocycles. The van der Waals surface area contributed by atoms with Crippen molar-refractivity contribution >= 4 is 0 Å². The van der Waals surface area contributed by atoms with E-state index in [2.05, 4.69) is 55.4 Å². The fraction of sp³-hybridized carbons (Fsp3) is 0.923. The number of rotatable bonds is 4. The van der Waals surface area contributed by atoms with Gasteiger partial charge >= 0.3 is 0 Å². The van der Waals surface area contributed by atoms with Gasteiger partial charge in [0.15, 0.2) is 0 Å². The highest BCUT2D eigenvalue weighted by molar-refractivity contribution is 5.04. The Kier molecular flexibility index (Phi) is 4.02. The van der Waals surface area contributed by atoms with Crippen LogP contribution in [-0.2, 0) is 0 Å². The molecular formula is C13H27. The molecule has 0 fully saturated rings. The highest BCUT2D eigenvalue weighted by Gasteiger charge is 2.42. The second-order valence-electron chi connectivity index (χ2n) is 5.66. The summed E-state index contributed by atoms with van der Waals surface area (Å²) in [6, 6.07) is 0. The average Bonchev–Trinajstić information content (AvgIpc) is 2.02. The van der Waals surface area contributed by atoms with Crippen LogP contribution in [0.15, 0.2) is 0 Å². The van der Waals surface area contributed by atoms with Gasteiger partial charge in [-0.3, -0.25) is 0 Å². The second-order valence-corrected chi connectivity index (χ2v) is 5.66. The summed E-state index contributed by atoms with van der Waals surface area (Å²) < 4.78 is 0. The van der Waals surface area contributed by atoms with Gasteiger partial charge in [0.05, 0.1) is 0 Å². The Balaban J connectivity index is 4.80. The van der Waals surface area contributed by atoms with Gasteiger partial charge in [0.2, 0.25) is 0 Å². The zero-order chi connectivity index (χ0) is 10.9. The summed E-state index contributed by atoms with van der Waals surface area (Å²) >= 11 is 0. The Morgan fingerprint density at radius 1 is 1.08 bits per heavy atom. The molecule has 0 aliphatic rings. The third kappa shape index (κ3) is 2.27. The molecule has 0 aliphatic heterocycles. The highest BCUT2D eigenvalue weighted by atomic mass is 14.5. The summed E-state index contributed by atoms with van der Waals surface area (Å²) in [5.74, 6) is 2.32. The summed E-state index contributed by atoms with van der Waals surface area (Å²) in [5.41, 5.74) is 0.725. The van der Waals surface area contributed by atoms with Gasteiger partial charge in [0.1, 0.15) is 0 Å². The Labute approximate surface area is 85.1 Å². The van der Waals surface area contributed by atoms with Crippen molar-refractivity contribution in [2.24, 2.45) is 16.7 Å². The van der Waals surface area contributed by atoms with Gasteiger partial charge < -0.3 is 0 Å². The van der Waals surface area contributed by atoms with Crippen LogP contribution in [0.5, 0.6) is 0 Å². The van der Waals surface area contributed by atoms with E-state index in [-0.39, 0.29) is 0 Å². The van der Waals surface area contributed by atoms with E-state index in [1.807, 2.05) is 0 Å². The molecule has 0 saturated carbocycles. The molecular weight excluding hydrogens is 156 g/mol. The van der Waals surface area contributed by atoms with Crippen LogP contribution in [0.25, 0.3) is 0 Å². The lowest BCUT2D eigenvalue weighted by molar-refractivity contribution is 0.0587. The summed E-state index contributed by atoms with van der Waals surface area (Å²) in [5, 5.41) is 0. The van der Waals surface area contributed by atoms with Gasteiger partial charge in [-0.1, -0.05) is 61.8 Å². The lowest BCUT2D eigenvalue weighted by Crippen LogP contribution is -2.40. The van der Waals surface area contributed by atoms with Gasteiger partial charge in [-0.25, -0.2) is 0 Å². The molecule has 13 heavy (non-hydrogen) atoms. The van der Waals surface area contributed by atoms with Crippen LogP contribution in [-0.4, -0.2) is 0 Å². The van der Waals surface area contributed by atoms with E-state index in [0.29, 0.717) is 10.8 Å². The van der Waals surface area contributed by atoms with Gasteiger partial charge in [0, 0.05) is 0 Å². The largest absolute Gasteiger partial charge is 0.0651 e. The summed E-state index contributed by atoms with van der Waals surface area (Å²) in [6.45, 7) is 18.7. The van der Waals surface area contributed by atoms with Crippen LogP contribution >= 0.6 is 0 Å². The van der Waals surface area contributed by atoms with Crippen molar-refractivity contribution in [3.8, 4) is 0 Å². The molecule has 0 bridgehead atoms.